The molecule has 0 atom stereocenters. The van der Waals surface area contributed by atoms with Crippen LogP contribution in [0.15, 0.2) is 21.7 Å². The fourth-order valence-electron chi connectivity index (χ4n) is 2.22. The predicted molar refractivity (Wildman–Crippen MR) is 82.0 cm³/mol. The van der Waals surface area contributed by atoms with Gasteiger partial charge in [0.05, 0.1) is 24.5 Å². The highest BCUT2D eigenvalue weighted by atomic mass is 32.2. The highest BCUT2D eigenvalue weighted by molar-refractivity contribution is 7.89. The first kappa shape index (κ1) is 16.2. The third-order valence-corrected chi connectivity index (χ3v) is 5.63. The minimum Gasteiger partial charge on any atom is -0.394 e. The van der Waals surface area contributed by atoms with E-state index in [1.807, 2.05) is 16.8 Å². The molecular weight excluding hydrogens is 310 g/mol. The van der Waals surface area contributed by atoms with E-state index < -0.39 is 10.0 Å². The first-order chi connectivity index (χ1) is 9.95. The van der Waals surface area contributed by atoms with E-state index in [9.17, 15) is 8.42 Å². The first-order valence-corrected chi connectivity index (χ1v) is 9.04. The van der Waals surface area contributed by atoms with Crippen LogP contribution in [0.5, 0.6) is 0 Å². The fraction of sp³-hybridized carbons (Fsp3) is 0.462. The molecule has 6 nitrogen and oxygen atoms in total. The number of nitrogens with zero attached hydrogens (tertiary/aromatic N) is 2. The summed E-state index contributed by atoms with van der Waals surface area (Å²) in [6, 6.07) is 1.98. The molecule has 21 heavy (non-hydrogen) atoms. The van der Waals surface area contributed by atoms with Gasteiger partial charge in [-0.3, -0.25) is 4.68 Å². The molecule has 0 amide bonds. The number of aryl methyl sites for hydroxylation is 1. The van der Waals surface area contributed by atoms with Gasteiger partial charge in [-0.15, -0.1) is 0 Å². The number of nitrogens with one attached hydrogen (secondary N) is 1. The van der Waals surface area contributed by atoms with Crippen molar-refractivity contribution in [3.63, 3.8) is 0 Å². The van der Waals surface area contributed by atoms with Gasteiger partial charge in [0.25, 0.3) is 0 Å². The van der Waals surface area contributed by atoms with Crippen LogP contribution in [0.4, 0.5) is 0 Å². The average Bonchev–Trinajstić information content (AvgIpc) is 2.99. The molecule has 0 radical (unpaired) electrons. The molecule has 8 heteroatoms. The van der Waals surface area contributed by atoms with E-state index in [4.69, 9.17) is 5.11 Å². The Labute approximate surface area is 128 Å². The van der Waals surface area contributed by atoms with Crippen LogP contribution in [0, 0.1) is 13.8 Å². The maximum Gasteiger partial charge on any atom is 0.244 e. The number of thiophene rings is 1. The van der Waals surface area contributed by atoms with Crippen molar-refractivity contribution in [3.05, 3.63) is 33.8 Å². The van der Waals surface area contributed by atoms with E-state index in [2.05, 4.69) is 9.82 Å². The van der Waals surface area contributed by atoms with E-state index in [0.717, 1.165) is 5.56 Å². The van der Waals surface area contributed by atoms with Crippen molar-refractivity contribution in [2.75, 3.05) is 13.2 Å². The van der Waals surface area contributed by atoms with Crippen LogP contribution < -0.4 is 4.72 Å². The Kier molecular flexibility index (Phi) is 5.15. The summed E-state index contributed by atoms with van der Waals surface area (Å²) in [4.78, 5) is 0.210. The van der Waals surface area contributed by atoms with Gasteiger partial charge < -0.3 is 5.11 Å². The number of rotatable bonds is 7. The molecule has 2 aromatic heterocycles. The normalized spacial score (nSPS) is 12.0. The number of aliphatic hydroxyl groups is 1. The summed E-state index contributed by atoms with van der Waals surface area (Å²) in [7, 11) is -3.58. The maximum absolute atomic E-state index is 12.4. The lowest BCUT2D eigenvalue weighted by Crippen LogP contribution is -2.27. The lowest BCUT2D eigenvalue weighted by atomic mass is 10.2. The Hall–Kier alpha value is -1.22. The van der Waals surface area contributed by atoms with Gasteiger partial charge in [0.15, 0.2) is 0 Å². The monoisotopic (exact) mass is 329 g/mol. The van der Waals surface area contributed by atoms with Crippen molar-refractivity contribution in [1.29, 1.82) is 0 Å². The molecule has 2 N–H and O–H groups in total. The zero-order valence-corrected chi connectivity index (χ0v) is 13.7. The smallest absolute Gasteiger partial charge is 0.244 e. The van der Waals surface area contributed by atoms with Gasteiger partial charge in [-0.05, 0) is 42.7 Å². The molecule has 0 saturated carbocycles. The molecule has 0 bridgehead atoms. The minimum absolute atomic E-state index is 0.0764. The van der Waals surface area contributed by atoms with Crippen molar-refractivity contribution in [2.45, 2.75) is 31.7 Å². The summed E-state index contributed by atoms with van der Waals surface area (Å²) in [5, 5.41) is 17.1. The van der Waals surface area contributed by atoms with Gasteiger partial charge in [0.1, 0.15) is 4.90 Å². The molecule has 0 aliphatic rings. The second-order valence-electron chi connectivity index (χ2n) is 4.73. The lowest BCUT2D eigenvalue weighted by molar-refractivity contribution is 0.267. The van der Waals surface area contributed by atoms with Gasteiger partial charge >= 0.3 is 0 Å². The highest BCUT2D eigenvalue weighted by Gasteiger charge is 2.23. The Morgan fingerprint density at radius 1 is 1.43 bits per heavy atom. The Morgan fingerprint density at radius 2 is 2.19 bits per heavy atom. The quantitative estimate of drug-likeness (QED) is 0.796. The summed E-state index contributed by atoms with van der Waals surface area (Å²) in [6.07, 6.45) is 0.658. The molecule has 0 spiro atoms. The maximum atomic E-state index is 12.4. The Morgan fingerprint density at radius 3 is 2.81 bits per heavy atom. The number of aromatic nitrogens is 2. The molecule has 0 fully saturated rings. The van der Waals surface area contributed by atoms with Crippen molar-refractivity contribution < 1.29 is 13.5 Å². The van der Waals surface area contributed by atoms with Crippen LogP contribution in [0.1, 0.15) is 17.0 Å². The second kappa shape index (κ2) is 6.69. The van der Waals surface area contributed by atoms with Gasteiger partial charge in [0.2, 0.25) is 10.0 Å². The minimum atomic E-state index is -3.58. The predicted octanol–water partition coefficient (Wildman–Crippen LogP) is 1.07. The van der Waals surface area contributed by atoms with Crippen molar-refractivity contribution in [1.82, 2.24) is 14.5 Å². The number of sulfonamides is 1. The van der Waals surface area contributed by atoms with Crippen LogP contribution in [0.3, 0.4) is 0 Å². The van der Waals surface area contributed by atoms with E-state index in [-0.39, 0.29) is 18.0 Å². The SMILES string of the molecule is Cc1nn(CCO)c(C)c1S(=O)(=O)NCCc1ccsc1. The summed E-state index contributed by atoms with van der Waals surface area (Å²) in [5.41, 5.74) is 2.11. The zero-order chi connectivity index (χ0) is 15.5. The van der Waals surface area contributed by atoms with Crippen molar-refractivity contribution in [2.24, 2.45) is 0 Å². The number of aliphatic hydroxyl groups excluding tert-OH is 1. The van der Waals surface area contributed by atoms with Crippen LogP contribution in [0.2, 0.25) is 0 Å². The largest absolute Gasteiger partial charge is 0.394 e. The van der Waals surface area contributed by atoms with E-state index in [1.165, 1.54) is 4.68 Å². The molecule has 116 valence electrons. The average molecular weight is 329 g/mol. The molecule has 2 rings (SSSR count). The third-order valence-electron chi connectivity index (χ3n) is 3.18. The summed E-state index contributed by atoms with van der Waals surface area (Å²) < 4.78 is 28.9. The number of hydrogen-bond donors (Lipinski definition) is 2. The summed E-state index contributed by atoms with van der Waals surface area (Å²) in [5.74, 6) is 0. The molecular formula is C13H19N3O3S2. The van der Waals surface area contributed by atoms with Crippen LogP contribution in [0.25, 0.3) is 0 Å². The topological polar surface area (TPSA) is 84.2 Å². The van der Waals surface area contributed by atoms with Gasteiger partial charge in [0, 0.05) is 6.54 Å². The van der Waals surface area contributed by atoms with Crippen LogP contribution in [-0.4, -0.2) is 36.5 Å². The van der Waals surface area contributed by atoms with Gasteiger partial charge in [-0.25, -0.2) is 13.1 Å². The fourth-order valence-corrected chi connectivity index (χ4v) is 4.36. The highest BCUT2D eigenvalue weighted by Crippen LogP contribution is 2.19. The molecule has 2 heterocycles. The molecule has 0 aromatic carbocycles. The zero-order valence-electron chi connectivity index (χ0n) is 12.0. The van der Waals surface area contributed by atoms with Crippen molar-refractivity contribution >= 4 is 21.4 Å². The van der Waals surface area contributed by atoms with Gasteiger partial charge in [-0.2, -0.15) is 16.4 Å². The lowest BCUT2D eigenvalue weighted by Gasteiger charge is -2.07. The van der Waals surface area contributed by atoms with Crippen LogP contribution >= 0.6 is 11.3 Å². The molecule has 0 aliphatic carbocycles. The third kappa shape index (κ3) is 3.70. The second-order valence-corrected chi connectivity index (χ2v) is 7.21. The molecule has 0 aliphatic heterocycles. The Balaban J connectivity index is 2.12. The summed E-state index contributed by atoms with van der Waals surface area (Å²) >= 11 is 1.59. The number of hydrogen-bond acceptors (Lipinski definition) is 5. The van der Waals surface area contributed by atoms with Crippen molar-refractivity contribution in [3.8, 4) is 0 Å². The standard InChI is InChI=1S/C13H19N3O3S2/c1-10-13(11(2)16(15-10)6-7-17)21(18,19)14-5-3-12-4-8-20-9-12/h4,8-9,14,17H,3,5-7H2,1-2H3. The van der Waals surface area contributed by atoms with Crippen LogP contribution in [-0.2, 0) is 23.0 Å². The van der Waals surface area contributed by atoms with E-state index in [1.54, 1.807) is 25.2 Å². The summed E-state index contributed by atoms with van der Waals surface area (Å²) in [6.45, 7) is 3.92. The first-order valence-electron chi connectivity index (χ1n) is 6.61. The molecule has 0 saturated heterocycles. The molecule has 0 unspecified atom stereocenters. The van der Waals surface area contributed by atoms with E-state index in [0.29, 0.717) is 24.4 Å². The van der Waals surface area contributed by atoms with E-state index >= 15 is 0 Å². The van der Waals surface area contributed by atoms with Gasteiger partial charge in [-0.1, -0.05) is 0 Å². The molecule has 2 aromatic rings. The Bertz CT molecular complexity index is 691.